The normalized spacial score (nSPS) is 15.2. The number of benzene rings is 1. The van der Waals surface area contributed by atoms with Crippen LogP contribution in [0.3, 0.4) is 0 Å². The van der Waals surface area contributed by atoms with Crippen molar-refractivity contribution in [2.24, 2.45) is 0 Å². The molecule has 1 amide bonds. The molecule has 1 saturated heterocycles. The summed E-state index contributed by atoms with van der Waals surface area (Å²) in [6.45, 7) is 3.69. The number of aryl methyl sites for hydroxylation is 1. The third kappa shape index (κ3) is 3.00. The highest BCUT2D eigenvalue weighted by Crippen LogP contribution is 2.19. The van der Waals surface area contributed by atoms with Crippen LogP contribution < -0.4 is 4.74 Å². The van der Waals surface area contributed by atoms with Gasteiger partial charge in [-0.25, -0.2) is 4.39 Å². The fourth-order valence-electron chi connectivity index (χ4n) is 2.11. The fraction of sp³-hybridized carbons (Fsp3) is 0.500. The molecule has 0 saturated carbocycles. The number of carbonyl (C=O) groups is 1. The maximum Gasteiger partial charge on any atom is 0.222 e. The van der Waals surface area contributed by atoms with Crippen molar-refractivity contribution in [1.29, 1.82) is 0 Å². The van der Waals surface area contributed by atoms with Gasteiger partial charge in [0, 0.05) is 19.5 Å². The van der Waals surface area contributed by atoms with Gasteiger partial charge in [0.1, 0.15) is 0 Å². The Morgan fingerprint density at radius 1 is 1.44 bits per heavy atom. The minimum atomic E-state index is -0.297. The fourth-order valence-corrected chi connectivity index (χ4v) is 2.11. The molecule has 1 aromatic rings. The van der Waals surface area contributed by atoms with Crippen molar-refractivity contribution in [2.45, 2.75) is 26.2 Å². The zero-order chi connectivity index (χ0) is 13.0. The number of ether oxygens (including phenoxy) is 1. The van der Waals surface area contributed by atoms with Crippen LogP contribution in [0.15, 0.2) is 18.2 Å². The standard InChI is InChI=1S/C14H18FNO2/c1-11-5-2-6-12(14(11)15)18-10-4-9-16-8-3-7-13(16)17/h2,5-6H,3-4,7-10H2,1H3. The first-order valence-electron chi connectivity index (χ1n) is 6.34. The Bertz CT molecular complexity index is 434. The minimum Gasteiger partial charge on any atom is -0.490 e. The predicted octanol–water partition coefficient (Wildman–Crippen LogP) is 2.53. The third-order valence-electron chi connectivity index (χ3n) is 3.16. The Morgan fingerprint density at radius 3 is 3.00 bits per heavy atom. The van der Waals surface area contributed by atoms with Crippen molar-refractivity contribution in [3.8, 4) is 5.75 Å². The Kier molecular flexibility index (Phi) is 4.18. The first kappa shape index (κ1) is 12.9. The van der Waals surface area contributed by atoms with Crippen molar-refractivity contribution in [3.05, 3.63) is 29.6 Å². The van der Waals surface area contributed by atoms with Gasteiger partial charge in [0.15, 0.2) is 11.6 Å². The molecule has 4 heteroatoms. The van der Waals surface area contributed by atoms with Gasteiger partial charge in [-0.3, -0.25) is 4.79 Å². The Balaban J connectivity index is 1.75. The Morgan fingerprint density at radius 2 is 2.28 bits per heavy atom. The molecule has 3 nitrogen and oxygen atoms in total. The molecule has 1 fully saturated rings. The molecular formula is C14H18FNO2. The summed E-state index contributed by atoms with van der Waals surface area (Å²) in [6, 6.07) is 5.12. The van der Waals surface area contributed by atoms with Crippen molar-refractivity contribution < 1.29 is 13.9 Å². The van der Waals surface area contributed by atoms with Gasteiger partial charge in [0.2, 0.25) is 5.91 Å². The monoisotopic (exact) mass is 251 g/mol. The largest absolute Gasteiger partial charge is 0.490 e. The molecule has 1 aliphatic rings. The third-order valence-corrected chi connectivity index (χ3v) is 3.16. The van der Waals surface area contributed by atoms with Crippen molar-refractivity contribution >= 4 is 5.91 Å². The zero-order valence-electron chi connectivity index (χ0n) is 10.6. The summed E-state index contributed by atoms with van der Waals surface area (Å²) in [4.78, 5) is 13.2. The van der Waals surface area contributed by atoms with Gasteiger partial charge in [-0.05, 0) is 31.4 Å². The van der Waals surface area contributed by atoms with Crippen LogP contribution in [0.1, 0.15) is 24.8 Å². The van der Waals surface area contributed by atoms with Crippen LogP contribution in [0.25, 0.3) is 0 Å². The smallest absolute Gasteiger partial charge is 0.222 e. The molecule has 0 aliphatic carbocycles. The molecule has 0 aromatic heterocycles. The van der Waals surface area contributed by atoms with E-state index in [1.807, 2.05) is 4.90 Å². The average molecular weight is 251 g/mol. The highest BCUT2D eigenvalue weighted by Gasteiger charge is 2.19. The highest BCUT2D eigenvalue weighted by atomic mass is 19.1. The number of halogens is 1. The van der Waals surface area contributed by atoms with E-state index in [0.29, 0.717) is 30.9 Å². The molecule has 0 N–H and O–H groups in total. The predicted molar refractivity (Wildman–Crippen MR) is 67.1 cm³/mol. The topological polar surface area (TPSA) is 29.5 Å². The van der Waals surface area contributed by atoms with Crippen molar-refractivity contribution in [1.82, 2.24) is 4.90 Å². The van der Waals surface area contributed by atoms with Crippen molar-refractivity contribution in [3.63, 3.8) is 0 Å². The van der Waals surface area contributed by atoms with Gasteiger partial charge in [-0.1, -0.05) is 12.1 Å². The first-order chi connectivity index (χ1) is 8.68. The quantitative estimate of drug-likeness (QED) is 0.753. The summed E-state index contributed by atoms with van der Waals surface area (Å²) >= 11 is 0. The molecule has 0 atom stereocenters. The maximum atomic E-state index is 13.6. The van der Waals surface area contributed by atoms with E-state index < -0.39 is 0 Å². The van der Waals surface area contributed by atoms with Crippen LogP contribution in [0.4, 0.5) is 4.39 Å². The lowest BCUT2D eigenvalue weighted by Gasteiger charge is -2.15. The zero-order valence-corrected chi connectivity index (χ0v) is 10.6. The van der Waals surface area contributed by atoms with E-state index in [-0.39, 0.29) is 11.7 Å². The van der Waals surface area contributed by atoms with E-state index in [4.69, 9.17) is 4.74 Å². The number of hydrogen-bond donors (Lipinski definition) is 0. The van der Waals surface area contributed by atoms with Crippen LogP contribution in [-0.4, -0.2) is 30.5 Å². The summed E-state index contributed by atoms with van der Waals surface area (Å²) in [5.74, 6) is 0.217. The summed E-state index contributed by atoms with van der Waals surface area (Å²) < 4.78 is 19.0. The summed E-state index contributed by atoms with van der Waals surface area (Å²) in [5, 5.41) is 0. The second-order valence-corrected chi connectivity index (χ2v) is 4.57. The van der Waals surface area contributed by atoms with Gasteiger partial charge in [-0.2, -0.15) is 0 Å². The van der Waals surface area contributed by atoms with Gasteiger partial charge >= 0.3 is 0 Å². The van der Waals surface area contributed by atoms with E-state index in [1.54, 1.807) is 25.1 Å². The van der Waals surface area contributed by atoms with Gasteiger partial charge in [-0.15, -0.1) is 0 Å². The van der Waals surface area contributed by atoms with Crippen molar-refractivity contribution in [2.75, 3.05) is 19.7 Å². The number of amides is 1. The van der Waals surface area contributed by atoms with E-state index in [0.717, 1.165) is 19.4 Å². The van der Waals surface area contributed by atoms with Gasteiger partial charge in [0.05, 0.1) is 6.61 Å². The molecule has 0 unspecified atom stereocenters. The lowest BCUT2D eigenvalue weighted by atomic mass is 10.2. The van der Waals surface area contributed by atoms with Gasteiger partial charge < -0.3 is 9.64 Å². The van der Waals surface area contributed by atoms with E-state index in [2.05, 4.69) is 0 Å². The molecule has 1 aliphatic heterocycles. The Hall–Kier alpha value is -1.58. The lowest BCUT2D eigenvalue weighted by Crippen LogP contribution is -2.26. The molecule has 0 radical (unpaired) electrons. The number of rotatable bonds is 5. The number of carbonyl (C=O) groups excluding carboxylic acids is 1. The maximum absolute atomic E-state index is 13.6. The minimum absolute atomic E-state index is 0.219. The average Bonchev–Trinajstić information content (AvgIpc) is 2.76. The summed E-state index contributed by atoms with van der Waals surface area (Å²) in [5.41, 5.74) is 0.585. The molecule has 2 rings (SSSR count). The van der Waals surface area contributed by atoms with Crippen LogP contribution in [0.5, 0.6) is 5.75 Å². The number of nitrogens with zero attached hydrogens (tertiary/aromatic N) is 1. The molecular weight excluding hydrogens is 233 g/mol. The van der Waals surface area contributed by atoms with Crippen LogP contribution in [-0.2, 0) is 4.79 Å². The molecule has 1 heterocycles. The molecule has 18 heavy (non-hydrogen) atoms. The first-order valence-corrected chi connectivity index (χ1v) is 6.34. The molecule has 98 valence electrons. The number of hydrogen-bond acceptors (Lipinski definition) is 2. The lowest BCUT2D eigenvalue weighted by molar-refractivity contribution is -0.127. The number of likely N-dealkylation sites (tertiary alicyclic amines) is 1. The van der Waals surface area contributed by atoms with E-state index >= 15 is 0 Å². The van der Waals surface area contributed by atoms with E-state index in [9.17, 15) is 9.18 Å². The summed E-state index contributed by atoms with van der Waals surface area (Å²) in [6.07, 6.45) is 2.35. The van der Waals surface area contributed by atoms with Crippen LogP contribution >= 0.6 is 0 Å². The molecule has 0 spiro atoms. The highest BCUT2D eigenvalue weighted by molar-refractivity contribution is 5.77. The Labute approximate surface area is 107 Å². The summed E-state index contributed by atoms with van der Waals surface area (Å²) in [7, 11) is 0. The van der Waals surface area contributed by atoms with Crippen LogP contribution in [0, 0.1) is 12.7 Å². The second kappa shape index (κ2) is 5.85. The molecule has 1 aromatic carbocycles. The second-order valence-electron chi connectivity index (χ2n) is 4.57. The van der Waals surface area contributed by atoms with E-state index in [1.165, 1.54) is 0 Å². The molecule has 0 bridgehead atoms. The van der Waals surface area contributed by atoms with Crippen LogP contribution in [0.2, 0.25) is 0 Å². The van der Waals surface area contributed by atoms with Gasteiger partial charge in [0.25, 0.3) is 0 Å². The SMILES string of the molecule is Cc1cccc(OCCCN2CCCC2=O)c1F.